The van der Waals surface area contributed by atoms with Crippen molar-refractivity contribution in [2.75, 3.05) is 18.1 Å². The Labute approximate surface area is 91.4 Å². The highest BCUT2D eigenvalue weighted by molar-refractivity contribution is 7.14. The highest BCUT2D eigenvalue weighted by atomic mass is 32.1. The van der Waals surface area contributed by atoms with Gasteiger partial charge in [0.25, 0.3) is 0 Å². The fraction of sp³-hybridized carbons (Fsp3) is 0.400. The van der Waals surface area contributed by atoms with E-state index in [9.17, 15) is 4.79 Å². The summed E-state index contributed by atoms with van der Waals surface area (Å²) in [5, 5.41) is 20.3. The van der Waals surface area contributed by atoms with Gasteiger partial charge in [0.2, 0.25) is 5.91 Å². The zero-order chi connectivity index (χ0) is 10.8. The van der Waals surface area contributed by atoms with Crippen LogP contribution in [0.2, 0.25) is 0 Å². The van der Waals surface area contributed by atoms with E-state index in [0.717, 1.165) is 0 Å². The molecule has 0 radical (unpaired) electrons. The van der Waals surface area contributed by atoms with E-state index in [2.05, 4.69) is 6.07 Å². The number of amides is 1. The van der Waals surface area contributed by atoms with E-state index in [4.69, 9.17) is 10.4 Å². The number of hydrogen-bond acceptors (Lipinski definition) is 4. The van der Waals surface area contributed by atoms with Crippen molar-refractivity contribution < 1.29 is 9.90 Å². The molecule has 4 nitrogen and oxygen atoms in total. The highest BCUT2D eigenvalue weighted by Gasteiger charge is 2.31. The molecule has 1 aromatic heterocycles. The number of thiophene rings is 1. The molecule has 1 N–H and O–H groups in total. The van der Waals surface area contributed by atoms with E-state index in [1.807, 2.05) is 0 Å². The Hall–Kier alpha value is -1.38. The summed E-state index contributed by atoms with van der Waals surface area (Å²) in [5.74, 6) is -0.000794. The SMILES string of the molecule is N#Cc1ccsc1N1CC(CO)CC1=O. The molecule has 0 spiro atoms. The molecule has 1 fully saturated rings. The lowest BCUT2D eigenvalue weighted by atomic mass is 10.1. The van der Waals surface area contributed by atoms with Crippen LogP contribution in [0.4, 0.5) is 5.00 Å². The van der Waals surface area contributed by atoms with Gasteiger partial charge in [-0.1, -0.05) is 0 Å². The van der Waals surface area contributed by atoms with Gasteiger partial charge in [0.15, 0.2) is 0 Å². The van der Waals surface area contributed by atoms with Crippen molar-refractivity contribution >= 4 is 22.2 Å². The molecule has 1 aliphatic rings. The summed E-state index contributed by atoms with van der Waals surface area (Å²) < 4.78 is 0. The van der Waals surface area contributed by atoms with Gasteiger partial charge in [-0.25, -0.2) is 0 Å². The summed E-state index contributed by atoms with van der Waals surface area (Å²) in [6.07, 6.45) is 0.374. The Kier molecular flexibility index (Phi) is 2.71. The Morgan fingerprint density at radius 2 is 2.53 bits per heavy atom. The smallest absolute Gasteiger partial charge is 0.228 e. The van der Waals surface area contributed by atoms with Crippen LogP contribution in [0.5, 0.6) is 0 Å². The Morgan fingerprint density at radius 3 is 3.13 bits per heavy atom. The third kappa shape index (κ3) is 1.74. The summed E-state index contributed by atoms with van der Waals surface area (Å²) >= 11 is 1.39. The molecular weight excluding hydrogens is 212 g/mol. The molecule has 5 heteroatoms. The normalized spacial score (nSPS) is 20.7. The molecule has 1 unspecified atom stereocenters. The maximum absolute atomic E-state index is 11.6. The van der Waals surface area contributed by atoms with Crippen LogP contribution in [0.15, 0.2) is 11.4 Å². The summed E-state index contributed by atoms with van der Waals surface area (Å²) in [5.41, 5.74) is 0.534. The average molecular weight is 222 g/mol. The summed E-state index contributed by atoms with van der Waals surface area (Å²) in [6.45, 7) is 0.542. The molecule has 2 heterocycles. The van der Waals surface area contributed by atoms with Gasteiger partial charge in [-0.15, -0.1) is 11.3 Å². The van der Waals surface area contributed by atoms with Crippen molar-refractivity contribution in [1.29, 1.82) is 5.26 Å². The lowest BCUT2D eigenvalue weighted by molar-refractivity contribution is -0.117. The molecule has 1 atom stereocenters. The first-order valence-corrected chi connectivity index (χ1v) is 5.53. The number of rotatable bonds is 2. The van der Waals surface area contributed by atoms with E-state index in [1.165, 1.54) is 11.3 Å². The molecule has 1 amide bonds. The van der Waals surface area contributed by atoms with Crippen LogP contribution >= 0.6 is 11.3 Å². The number of anilines is 1. The van der Waals surface area contributed by atoms with E-state index in [0.29, 0.717) is 23.5 Å². The van der Waals surface area contributed by atoms with Crippen LogP contribution in [0.25, 0.3) is 0 Å². The van der Waals surface area contributed by atoms with E-state index < -0.39 is 0 Å². The third-order valence-electron chi connectivity index (χ3n) is 2.47. The topological polar surface area (TPSA) is 64.3 Å². The Bertz CT molecular complexity index is 421. The first-order valence-electron chi connectivity index (χ1n) is 4.65. The van der Waals surface area contributed by atoms with Gasteiger partial charge < -0.3 is 10.0 Å². The van der Waals surface area contributed by atoms with Crippen LogP contribution in [0.3, 0.4) is 0 Å². The van der Waals surface area contributed by atoms with Crippen LogP contribution in [-0.4, -0.2) is 24.2 Å². The summed E-state index contributed by atoms with van der Waals surface area (Å²) in [7, 11) is 0. The molecule has 0 aromatic carbocycles. The van der Waals surface area contributed by atoms with Gasteiger partial charge in [0.1, 0.15) is 11.1 Å². The molecule has 0 saturated carbocycles. The number of aliphatic hydroxyl groups is 1. The number of nitrogens with zero attached hydrogens (tertiary/aromatic N) is 2. The van der Waals surface area contributed by atoms with Gasteiger partial charge in [0, 0.05) is 25.5 Å². The third-order valence-corrected chi connectivity index (χ3v) is 3.41. The number of hydrogen-bond donors (Lipinski definition) is 1. The van der Waals surface area contributed by atoms with Crippen LogP contribution in [0, 0.1) is 17.2 Å². The highest BCUT2D eigenvalue weighted by Crippen LogP contribution is 2.32. The predicted octanol–water partition coefficient (Wildman–Crippen LogP) is 0.965. The Morgan fingerprint density at radius 1 is 1.73 bits per heavy atom. The molecule has 0 aliphatic carbocycles. The molecular formula is C10H10N2O2S. The number of carbonyl (C=O) groups excluding carboxylic acids is 1. The molecule has 0 bridgehead atoms. The van der Waals surface area contributed by atoms with Crippen LogP contribution < -0.4 is 4.90 Å². The monoisotopic (exact) mass is 222 g/mol. The van der Waals surface area contributed by atoms with E-state index in [1.54, 1.807) is 16.3 Å². The van der Waals surface area contributed by atoms with Gasteiger partial charge in [-0.3, -0.25) is 4.79 Å². The van der Waals surface area contributed by atoms with Crippen molar-refractivity contribution in [3.8, 4) is 6.07 Å². The second-order valence-electron chi connectivity index (χ2n) is 3.51. The minimum atomic E-state index is -0.00648. The molecule has 1 saturated heterocycles. The minimum absolute atomic E-state index is 0.00569. The maximum Gasteiger partial charge on any atom is 0.228 e. The van der Waals surface area contributed by atoms with Gasteiger partial charge in [-0.2, -0.15) is 5.26 Å². The van der Waals surface area contributed by atoms with Crippen molar-refractivity contribution in [2.24, 2.45) is 5.92 Å². The van der Waals surface area contributed by atoms with E-state index in [-0.39, 0.29) is 18.4 Å². The lowest BCUT2D eigenvalue weighted by Gasteiger charge is -2.14. The van der Waals surface area contributed by atoms with Crippen molar-refractivity contribution in [2.45, 2.75) is 6.42 Å². The standard InChI is InChI=1S/C10H10N2O2S/c11-4-8-1-2-15-10(8)12-5-7(6-13)3-9(12)14/h1-2,7,13H,3,5-6H2. The molecule has 1 aliphatic heterocycles. The molecule has 1 aromatic rings. The van der Waals surface area contributed by atoms with Crippen molar-refractivity contribution in [3.63, 3.8) is 0 Å². The predicted molar refractivity (Wildman–Crippen MR) is 56.6 cm³/mol. The molecule has 2 rings (SSSR count). The number of nitriles is 1. The molecule has 15 heavy (non-hydrogen) atoms. The zero-order valence-corrected chi connectivity index (χ0v) is 8.83. The first-order chi connectivity index (χ1) is 7.26. The first kappa shape index (κ1) is 10.1. The average Bonchev–Trinajstić information content (AvgIpc) is 2.82. The van der Waals surface area contributed by atoms with Gasteiger partial charge >= 0.3 is 0 Å². The second-order valence-corrected chi connectivity index (χ2v) is 4.40. The van der Waals surface area contributed by atoms with Crippen LogP contribution in [0.1, 0.15) is 12.0 Å². The van der Waals surface area contributed by atoms with Crippen LogP contribution in [-0.2, 0) is 4.79 Å². The summed E-state index contributed by atoms with van der Waals surface area (Å²) in [6, 6.07) is 3.77. The summed E-state index contributed by atoms with van der Waals surface area (Å²) in [4.78, 5) is 13.2. The Balaban J connectivity index is 2.26. The van der Waals surface area contributed by atoms with Gasteiger partial charge in [-0.05, 0) is 11.4 Å². The maximum atomic E-state index is 11.6. The minimum Gasteiger partial charge on any atom is -0.396 e. The fourth-order valence-corrected chi connectivity index (χ4v) is 2.57. The van der Waals surface area contributed by atoms with Crippen molar-refractivity contribution in [1.82, 2.24) is 0 Å². The quantitative estimate of drug-likeness (QED) is 0.810. The van der Waals surface area contributed by atoms with E-state index >= 15 is 0 Å². The largest absolute Gasteiger partial charge is 0.396 e. The molecule has 78 valence electrons. The lowest BCUT2D eigenvalue weighted by Crippen LogP contribution is -2.24. The fourth-order valence-electron chi connectivity index (χ4n) is 1.70. The van der Waals surface area contributed by atoms with Crippen molar-refractivity contribution in [3.05, 3.63) is 17.0 Å². The number of aliphatic hydroxyl groups excluding tert-OH is 1. The van der Waals surface area contributed by atoms with Gasteiger partial charge in [0.05, 0.1) is 5.56 Å². The zero-order valence-electron chi connectivity index (χ0n) is 8.01. The number of carbonyl (C=O) groups is 1. The second kappa shape index (κ2) is 4.01.